The molecular weight excluding hydrogens is 276 g/mol. The van der Waals surface area contributed by atoms with Crippen LogP contribution in [0.15, 0.2) is 12.2 Å². The molecule has 0 spiro atoms. The van der Waals surface area contributed by atoms with Gasteiger partial charge in [-0.15, -0.1) is 0 Å². The second-order valence-electron chi connectivity index (χ2n) is 6.05. The lowest BCUT2D eigenvalue weighted by molar-refractivity contribution is -0.155. The molecule has 0 radical (unpaired) electrons. The molecule has 1 aliphatic carbocycles. The molecule has 1 N–H and O–H groups in total. The summed E-state index contributed by atoms with van der Waals surface area (Å²) in [5.74, 6) is -1.06. The summed E-state index contributed by atoms with van der Waals surface area (Å²) in [6.45, 7) is 6.61. The average Bonchev–Trinajstić information content (AvgIpc) is 3.12. The molecule has 0 aromatic carbocycles. The van der Waals surface area contributed by atoms with Crippen molar-refractivity contribution in [1.82, 2.24) is 0 Å². The molecule has 2 rings (SSSR count). The van der Waals surface area contributed by atoms with Gasteiger partial charge in [-0.05, 0) is 33.1 Å². The molecule has 21 heavy (non-hydrogen) atoms. The molecule has 1 saturated heterocycles. The molecule has 2 fully saturated rings. The minimum absolute atomic E-state index is 0.0347. The van der Waals surface area contributed by atoms with Crippen molar-refractivity contribution in [3.63, 3.8) is 0 Å². The van der Waals surface area contributed by atoms with Gasteiger partial charge in [-0.25, -0.2) is 4.79 Å². The molecule has 1 heterocycles. The fourth-order valence-electron chi connectivity index (χ4n) is 2.50. The van der Waals surface area contributed by atoms with Crippen LogP contribution < -0.4 is 0 Å². The first kappa shape index (κ1) is 16.0. The van der Waals surface area contributed by atoms with Crippen LogP contribution in [0.1, 0.15) is 33.1 Å². The summed E-state index contributed by atoms with van der Waals surface area (Å²) in [6, 6.07) is 0. The van der Waals surface area contributed by atoms with E-state index in [0.717, 1.165) is 12.8 Å². The molecule has 4 atom stereocenters. The predicted octanol–water partition coefficient (Wildman–Crippen LogP) is 0.967. The normalized spacial score (nSPS) is 31.8. The number of aliphatic hydroxyl groups is 1. The molecule has 0 amide bonds. The largest absolute Gasteiger partial charge is 0.463 e. The highest BCUT2D eigenvalue weighted by Gasteiger charge is 2.56. The molecule has 6 heteroatoms. The van der Waals surface area contributed by atoms with Crippen LogP contribution in [0.5, 0.6) is 0 Å². The summed E-state index contributed by atoms with van der Waals surface area (Å²) < 4.78 is 15.4. The van der Waals surface area contributed by atoms with Crippen LogP contribution >= 0.6 is 0 Å². The highest BCUT2D eigenvalue weighted by Crippen LogP contribution is 2.49. The first-order valence-electron chi connectivity index (χ1n) is 7.17. The molecular formula is C15H22O6. The standard InChI is InChI=1S/C15H22O6/c1-9(2)13(17)19-7-11(16)8-20-14(18)10-4-5-15(3)12(6-10)21-15/h10-12,16H,1,4-8H2,2-3H3. The number of epoxide rings is 1. The van der Waals surface area contributed by atoms with Crippen LogP contribution in [0.4, 0.5) is 0 Å². The van der Waals surface area contributed by atoms with Crippen LogP contribution in [0.2, 0.25) is 0 Å². The van der Waals surface area contributed by atoms with Crippen molar-refractivity contribution >= 4 is 11.9 Å². The smallest absolute Gasteiger partial charge is 0.333 e. The Morgan fingerprint density at radius 1 is 1.43 bits per heavy atom. The molecule has 0 aromatic rings. The number of ether oxygens (including phenoxy) is 3. The molecule has 1 saturated carbocycles. The lowest BCUT2D eigenvalue weighted by Gasteiger charge is -2.21. The van der Waals surface area contributed by atoms with Gasteiger partial charge in [-0.2, -0.15) is 0 Å². The Labute approximate surface area is 124 Å². The first-order chi connectivity index (χ1) is 9.82. The van der Waals surface area contributed by atoms with Gasteiger partial charge in [0.15, 0.2) is 0 Å². The van der Waals surface area contributed by atoms with Gasteiger partial charge < -0.3 is 19.3 Å². The van der Waals surface area contributed by atoms with Crippen molar-refractivity contribution in [3.05, 3.63) is 12.2 Å². The summed E-state index contributed by atoms with van der Waals surface area (Å²) in [4.78, 5) is 23.1. The average molecular weight is 298 g/mol. The highest BCUT2D eigenvalue weighted by molar-refractivity contribution is 5.86. The molecule has 0 aromatic heterocycles. The molecule has 118 valence electrons. The molecule has 2 aliphatic rings. The SMILES string of the molecule is C=C(C)C(=O)OCC(O)COC(=O)C1CCC2(C)OC2C1. The fourth-order valence-corrected chi connectivity index (χ4v) is 2.50. The van der Waals surface area contributed by atoms with Gasteiger partial charge in [-0.1, -0.05) is 6.58 Å². The number of hydrogen-bond acceptors (Lipinski definition) is 6. The Morgan fingerprint density at radius 2 is 2.10 bits per heavy atom. The number of aliphatic hydroxyl groups excluding tert-OH is 1. The van der Waals surface area contributed by atoms with Gasteiger partial charge in [-0.3, -0.25) is 4.79 Å². The molecule has 1 aliphatic heterocycles. The van der Waals surface area contributed by atoms with Crippen molar-refractivity contribution in [2.45, 2.75) is 50.9 Å². The zero-order valence-electron chi connectivity index (χ0n) is 12.5. The quantitative estimate of drug-likeness (QED) is 0.447. The van der Waals surface area contributed by atoms with E-state index in [0.29, 0.717) is 6.42 Å². The number of carbonyl (C=O) groups excluding carboxylic acids is 2. The zero-order valence-corrected chi connectivity index (χ0v) is 12.5. The Morgan fingerprint density at radius 3 is 2.71 bits per heavy atom. The van der Waals surface area contributed by atoms with Crippen molar-refractivity contribution < 1.29 is 28.9 Å². The Kier molecular flexibility index (Phi) is 4.68. The zero-order chi connectivity index (χ0) is 15.6. The number of rotatable bonds is 6. The second kappa shape index (κ2) is 6.15. The predicted molar refractivity (Wildman–Crippen MR) is 73.4 cm³/mol. The van der Waals surface area contributed by atoms with Crippen LogP contribution in [0.25, 0.3) is 0 Å². The van der Waals surface area contributed by atoms with Crippen LogP contribution in [0.3, 0.4) is 0 Å². The first-order valence-corrected chi connectivity index (χ1v) is 7.17. The maximum absolute atomic E-state index is 11.9. The lowest BCUT2D eigenvalue weighted by atomic mass is 9.83. The molecule has 0 bridgehead atoms. The summed E-state index contributed by atoms with van der Waals surface area (Å²) in [7, 11) is 0. The van der Waals surface area contributed by atoms with Crippen molar-refractivity contribution in [2.24, 2.45) is 5.92 Å². The Balaban J connectivity index is 1.64. The third kappa shape index (κ3) is 4.04. The molecule has 6 nitrogen and oxygen atoms in total. The Hall–Kier alpha value is -1.40. The van der Waals surface area contributed by atoms with E-state index in [1.165, 1.54) is 6.92 Å². The van der Waals surface area contributed by atoms with E-state index in [4.69, 9.17) is 14.2 Å². The summed E-state index contributed by atoms with van der Waals surface area (Å²) in [6.07, 6.45) is 1.41. The summed E-state index contributed by atoms with van der Waals surface area (Å²) in [5, 5.41) is 9.62. The van der Waals surface area contributed by atoms with E-state index in [2.05, 4.69) is 13.5 Å². The number of fused-ring (bicyclic) bond motifs is 1. The monoisotopic (exact) mass is 298 g/mol. The Bertz CT molecular complexity index is 445. The fraction of sp³-hybridized carbons (Fsp3) is 0.733. The summed E-state index contributed by atoms with van der Waals surface area (Å²) in [5.41, 5.74) is 0.224. The minimum Gasteiger partial charge on any atom is -0.463 e. The van der Waals surface area contributed by atoms with Gasteiger partial charge in [0.05, 0.1) is 17.6 Å². The minimum atomic E-state index is -1.02. The van der Waals surface area contributed by atoms with E-state index in [1.54, 1.807) is 0 Å². The number of esters is 2. The van der Waals surface area contributed by atoms with Crippen LogP contribution in [-0.4, -0.2) is 48.1 Å². The lowest BCUT2D eigenvalue weighted by Crippen LogP contribution is -2.31. The van der Waals surface area contributed by atoms with Crippen molar-refractivity contribution in [2.75, 3.05) is 13.2 Å². The van der Waals surface area contributed by atoms with Gasteiger partial charge in [0.1, 0.15) is 19.3 Å². The van der Waals surface area contributed by atoms with Gasteiger partial charge in [0.2, 0.25) is 0 Å². The van der Waals surface area contributed by atoms with Crippen LogP contribution in [0, 0.1) is 5.92 Å². The van der Waals surface area contributed by atoms with E-state index in [1.807, 2.05) is 0 Å². The van der Waals surface area contributed by atoms with Crippen molar-refractivity contribution in [1.29, 1.82) is 0 Å². The van der Waals surface area contributed by atoms with Crippen LogP contribution in [-0.2, 0) is 23.8 Å². The number of carbonyl (C=O) groups is 2. The highest BCUT2D eigenvalue weighted by atomic mass is 16.6. The van der Waals surface area contributed by atoms with E-state index in [9.17, 15) is 14.7 Å². The van der Waals surface area contributed by atoms with E-state index < -0.39 is 12.1 Å². The van der Waals surface area contributed by atoms with Gasteiger partial charge in [0.25, 0.3) is 0 Å². The molecule has 4 unspecified atom stereocenters. The van der Waals surface area contributed by atoms with E-state index >= 15 is 0 Å². The van der Waals surface area contributed by atoms with Gasteiger partial charge in [0, 0.05) is 5.57 Å². The summed E-state index contributed by atoms with van der Waals surface area (Å²) >= 11 is 0. The topological polar surface area (TPSA) is 85.4 Å². The second-order valence-corrected chi connectivity index (χ2v) is 6.05. The number of hydrogen-bond donors (Lipinski definition) is 1. The third-order valence-corrected chi connectivity index (χ3v) is 4.03. The maximum Gasteiger partial charge on any atom is 0.333 e. The third-order valence-electron chi connectivity index (χ3n) is 4.03. The van der Waals surface area contributed by atoms with Crippen molar-refractivity contribution in [3.8, 4) is 0 Å². The maximum atomic E-state index is 11.9. The van der Waals surface area contributed by atoms with Gasteiger partial charge >= 0.3 is 11.9 Å². The van der Waals surface area contributed by atoms with E-state index in [-0.39, 0.29) is 42.4 Å².